The number of urea groups is 1. The quantitative estimate of drug-likeness (QED) is 0.522. The van der Waals surface area contributed by atoms with Crippen LogP contribution in [0.5, 0.6) is 0 Å². The fourth-order valence-corrected chi connectivity index (χ4v) is 4.11. The van der Waals surface area contributed by atoms with Crippen LogP contribution in [0.2, 0.25) is 0 Å². The SMILES string of the molecule is [C-]#[N+]c1cc(NC(=O)N2CCc3nn4c(c3C2)C(F)(F)CC[C@@H](OCC(F)F)C4)ccc1F. The number of carbonyl (C=O) groups excluding carboxylic acids is 1. The predicted molar refractivity (Wildman–Crippen MR) is 107 cm³/mol. The summed E-state index contributed by atoms with van der Waals surface area (Å²) >= 11 is 0. The van der Waals surface area contributed by atoms with Crippen LogP contribution in [-0.4, -0.2) is 46.4 Å². The molecule has 0 radical (unpaired) electrons. The number of alkyl halides is 4. The Morgan fingerprint density at radius 1 is 1.39 bits per heavy atom. The minimum Gasteiger partial charge on any atom is -0.370 e. The molecule has 2 amide bonds. The van der Waals surface area contributed by atoms with E-state index in [1.807, 2.05) is 0 Å². The number of hydrogen-bond acceptors (Lipinski definition) is 3. The van der Waals surface area contributed by atoms with E-state index in [1.165, 1.54) is 17.0 Å². The highest BCUT2D eigenvalue weighted by molar-refractivity contribution is 5.90. The van der Waals surface area contributed by atoms with Gasteiger partial charge in [0.05, 0.1) is 31.5 Å². The van der Waals surface area contributed by atoms with Gasteiger partial charge in [-0.2, -0.15) is 13.9 Å². The summed E-state index contributed by atoms with van der Waals surface area (Å²) in [5.41, 5.74) is 0.294. The molecule has 4 rings (SSSR count). The van der Waals surface area contributed by atoms with E-state index >= 15 is 0 Å². The normalized spacial score (nSPS) is 19.4. The highest BCUT2D eigenvalue weighted by Crippen LogP contribution is 2.41. The van der Waals surface area contributed by atoms with Crippen molar-refractivity contribution in [3.63, 3.8) is 0 Å². The molecule has 0 spiro atoms. The van der Waals surface area contributed by atoms with Gasteiger partial charge in [-0.15, -0.1) is 0 Å². The Morgan fingerprint density at radius 2 is 2.18 bits per heavy atom. The van der Waals surface area contributed by atoms with Gasteiger partial charge in [-0.05, 0) is 24.6 Å². The summed E-state index contributed by atoms with van der Waals surface area (Å²) < 4.78 is 74.7. The molecular formula is C21H20F5N5O2. The molecule has 2 aromatic rings. The van der Waals surface area contributed by atoms with Crippen molar-refractivity contribution in [2.45, 2.75) is 50.8 Å². The van der Waals surface area contributed by atoms with Gasteiger partial charge >= 0.3 is 6.03 Å². The fourth-order valence-electron chi connectivity index (χ4n) is 4.11. The van der Waals surface area contributed by atoms with E-state index < -0.39 is 43.3 Å². The van der Waals surface area contributed by atoms with Crippen LogP contribution in [0.25, 0.3) is 4.85 Å². The number of carbonyl (C=O) groups is 1. The van der Waals surface area contributed by atoms with E-state index in [-0.39, 0.29) is 55.1 Å². The second-order valence-electron chi connectivity index (χ2n) is 7.93. The molecule has 1 aromatic carbocycles. The number of anilines is 1. The van der Waals surface area contributed by atoms with Crippen LogP contribution in [0.15, 0.2) is 18.2 Å². The third kappa shape index (κ3) is 4.78. The highest BCUT2D eigenvalue weighted by Gasteiger charge is 2.44. The van der Waals surface area contributed by atoms with Gasteiger partial charge in [0.2, 0.25) is 5.69 Å². The van der Waals surface area contributed by atoms with Crippen LogP contribution in [0.1, 0.15) is 29.8 Å². The van der Waals surface area contributed by atoms with E-state index in [2.05, 4.69) is 15.3 Å². The minimum absolute atomic E-state index is 0.0776. The first-order chi connectivity index (χ1) is 15.7. The zero-order chi connectivity index (χ0) is 23.8. The molecular weight excluding hydrogens is 449 g/mol. The van der Waals surface area contributed by atoms with Crippen LogP contribution < -0.4 is 5.32 Å². The molecule has 7 nitrogen and oxygen atoms in total. The van der Waals surface area contributed by atoms with Crippen molar-refractivity contribution in [3.05, 3.63) is 52.4 Å². The average Bonchev–Trinajstić information content (AvgIpc) is 3.08. The number of fused-ring (bicyclic) bond motifs is 3. The zero-order valence-electron chi connectivity index (χ0n) is 17.3. The van der Waals surface area contributed by atoms with E-state index in [9.17, 15) is 26.7 Å². The minimum atomic E-state index is -3.26. The third-order valence-corrected chi connectivity index (χ3v) is 5.67. The van der Waals surface area contributed by atoms with Gasteiger partial charge in [0.1, 0.15) is 18.1 Å². The number of ether oxygens (including phenoxy) is 1. The second kappa shape index (κ2) is 8.97. The van der Waals surface area contributed by atoms with Crippen LogP contribution in [0, 0.1) is 12.4 Å². The van der Waals surface area contributed by atoms with Crippen LogP contribution in [0.3, 0.4) is 0 Å². The molecule has 0 unspecified atom stereocenters. The molecule has 3 heterocycles. The number of halogens is 5. The number of nitrogens with one attached hydrogen (secondary N) is 1. The second-order valence-corrected chi connectivity index (χ2v) is 7.93. The Kier molecular flexibility index (Phi) is 6.25. The van der Waals surface area contributed by atoms with Crippen LogP contribution in [0.4, 0.5) is 38.1 Å². The standard InChI is InChI=1S/C21H20F5N5O2/c1-27-17-8-12(2-3-15(17)22)28-20(32)30-7-5-16-14(10-30)19-21(25,26)6-4-13(9-31(19)29-16)33-11-18(23)24/h2-3,8,13,18H,4-7,9-11H2,(H,28,32)/t13-/m1/s1. The zero-order valence-corrected chi connectivity index (χ0v) is 17.3. The van der Waals surface area contributed by atoms with Crippen molar-refractivity contribution < 1.29 is 31.5 Å². The maximum absolute atomic E-state index is 15.0. The Balaban J connectivity index is 1.53. The number of benzene rings is 1. The Morgan fingerprint density at radius 3 is 2.91 bits per heavy atom. The van der Waals surface area contributed by atoms with E-state index in [1.54, 1.807) is 0 Å². The molecule has 2 aliphatic rings. The van der Waals surface area contributed by atoms with Crippen LogP contribution >= 0.6 is 0 Å². The van der Waals surface area contributed by atoms with Gasteiger partial charge in [0, 0.05) is 30.6 Å². The van der Waals surface area contributed by atoms with Gasteiger partial charge in [0.25, 0.3) is 12.3 Å². The van der Waals surface area contributed by atoms with Gasteiger partial charge in [-0.25, -0.2) is 22.8 Å². The summed E-state index contributed by atoms with van der Waals surface area (Å²) in [7, 11) is 0. The first kappa shape index (κ1) is 23.0. The molecule has 0 aliphatic carbocycles. The van der Waals surface area contributed by atoms with Crippen molar-refractivity contribution in [1.82, 2.24) is 14.7 Å². The Bertz CT molecular complexity index is 1100. The maximum atomic E-state index is 15.0. The first-order valence-corrected chi connectivity index (χ1v) is 10.3. The molecule has 0 fully saturated rings. The summed E-state index contributed by atoms with van der Waals surface area (Å²) in [6, 6.07) is 2.96. The smallest absolute Gasteiger partial charge is 0.322 e. The molecule has 2 aliphatic heterocycles. The molecule has 0 saturated heterocycles. The van der Waals surface area contributed by atoms with Crippen molar-refractivity contribution in [2.24, 2.45) is 0 Å². The summed E-state index contributed by atoms with van der Waals surface area (Å²) in [4.78, 5) is 17.1. The predicted octanol–water partition coefficient (Wildman–Crippen LogP) is 4.70. The monoisotopic (exact) mass is 469 g/mol. The van der Waals surface area contributed by atoms with Crippen molar-refractivity contribution in [2.75, 3.05) is 18.5 Å². The van der Waals surface area contributed by atoms with E-state index in [4.69, 9.17) is 11.3 Å². The summed E-state index contributed by atoms with van der Waals surface area (Å²) in [6.45, 7) is 6.14. The molecule has 1 aromatic heterocycles. The summed E-state index contributed by atoms with van der Waals surface area (Å²) in [5.74, 6) is -3.98. The number of nitrogens with zero attached hydrogens (tertiary/aromatic N) is 4. The molecule has 33 heavy (non-hydrogen) atoms. The first-order valence-electron chi connectivity index (χ1n) is 10.3. The van der Waals surface area contributed by atoms with Gasteiger partial charge in [-0.3, -0.25) is 4.68 Å². The maximum Gasteiger partial charge on any atom is 0.322 e. The fraction of sp³-hybridized carbons (Fsp3) is 0.476. The van der Waals surface area contributed by atoms with Gasteiger partial charge < -0.3 is 15.0 Å². The van der Waals surface area contributed by atoms with E-state index in [0.717, 1.165) is 10.7 Å². The lowest BCUT2D eigenvalue weighted by Crippen LogP contribution is -2.39. The topological polar surface area (TPSA) is 63.8 Å². The van der Waals surface area contributed by atoms with Crippen molar-refractivity contribution >= 4 is 17.4 Å². The summed E-state index contributed by atoms with van der Waals surface area (Å²) in [5, 5.41) is 6.83. The number of hydrogen-bond donors (Lipinski definition) is 1. The number of aromatic nitrogens is 2. The lowest BCUT2D eigenvalue weighted by molar-refractivity contribution is -0.0493. The molecule has 12 heteroatoms. The Hall–Kier alpha value is -3.20. The third-order valence-electron chi connectivity index (χ3n) is 5.67. The lowest BCUT2D eigenvalue weighted by atomic mass is 10.00. The Labute approximate surface area is 185 Å². The lowest BCUT2D eigenvalue weighted by Gasteiger charge is -2.28. The van der Waals surface area contributed by atoms with Crippen molar-refractivity contribution in [1.29, 1.82) is 0 Å². The highest BCUT2D eigenvalue weighted by atomic mass is 19.3. The summed E-state index contributed by atoms with van der Waals surface area (Å²) in [6.07, 6.45) is -3.96. The van der Waals surface area contributed by atoms with Crippen molar-refractivity contribution in [3.8, 4) is 0 Å². The number of rotatable bonds is 4. The van der Waals surface area contributed by atoms with E-state index in [0.29, 0.717) is 5.69 Å². The molecule has 1 N–H and O–H groups in total. The average molecular weight is 469 g/mol. The molecule has 1 atom stereocenters. The molecule has 176 valence electrons. The molecule has 0 saturated carbocycles. The largest absolute Gasteiger partial charge is 0.370 e. The van der Waals surface area contributed by atoms with Gasteiger partial charge in [-0.1, -0.05) is 0 Å². The molecule has 0 bridgehead atoms. The van der Waals surface area contributed by atoms with Crippen LogP contribution in [-0.2, 0) is 30.2 Å². The van der Waals surface area contributed by atoms with Gasteiger partial charge in [0.15, 0.2) is 0 Å². The number of amides is 2.